The summed E-state index contributed by atoms with van der Waals surface area (Å²) in [6, 6.07) is 9.20. The Kier molecular flexibility index (Phi) is 6.87. The number of carbonyl (C=O) groups excluding carboxylic acids is 1. The summed E-state index contributed by atoms with van der Waals surface area (Å²) in [4.78, 5) is 12.7. The van der Waals surface area contributed by atoms with Crippen LogP contribution in [0.15, 0.2) is 30.3 Å². The summed E-state index contributed by atoms with van der Waals surface area (Å²) in [5.74, 6) is -0.548. The number of hydrogen-bond acceptors (Lipinski definition) is 3. The number of nitrogens with one attached hydrogen (secondary N) is 3. The van der Waals surface area contributed by atoms with Crippen molar-refractivity contribution in [3.63, 3.8) is 0 Å². The lowest BCUT2D eigenvalue weighted by atomic mass is 9.96. The number of rotatable bonds is 2. The zero-order valence-corrected chi connectivity index (χ0v) is 15.9. The van der Waals surface area contributed by atoms with E-state index in [9.17, 15) is 9.18 Å². The third kappa shape index (κ3) is 3.80. The van der Waals surface area contributed by atoms with E-state index >= 15 is 0 Å². The summed E-state index contributed by atoms with van der Waals surface area (Å²) < 4.78 is 14.7. The maximum absolute atomic E-state index is 14.7. The minimum atomic E-state index is -0.301. The second kappa shape index (κ2) is 8.71. The molecule has 4 nitrogen and oxygen atoms in total. The second-order valence-electron chi connectivity index (χ2n) is 6.31. The van der Waals surface area contributed by atoms with E-state index in [1.807, 2.05) is 18.2 Å². The van der Waals surface area contributed by atoms with Crippen molar-refractivity contribution in [1.29, 1.82) is 0 Å². The average Bonchev–Trinajstić information content (AvgIpc) is 2.63. The van der Waals surface area contributed by atoms with Crippen molar-refractivity contribution < 1.29 is 9.18 Å². The Hall–Kier alpha value is -1.82. The van der Waals surface area contributed by atoms with Crippen molar-refractivity contribution in [2.24, 2.45) is 0 Å². The van der Waals surface area contributed by atoms with Gasteiger partial charge >= 0.3 is 0 Å². The van der Waals surface area contributed by atoms with E-state index in [1.165, 1.54) is 0 Å². The van der Waals surface area contributed by atoms with Gasteiger partial charge in [0.05, 0.1) is 5.69 Å². The monoisotopic (exact) mass is 397 g/mol. The molecule has 0 radical (unpaired) electrons. The van der Waals surface area contributed by atoms with Crippen molar-refractivity contribution in [2.45, 2.75) is 25.8 Å². The van der Waals surface area contributed by atoms with Crippen LogP contribution in [0.4, 0.5) is 15.8 Å². The lowest BCUT2D eigenvalue weighted by Gasteiger charge is -2.22. The molecule has 2 heterocycles. The highest BCUT2D eigenvalue weighted by Gasteiger charge is 2.21. The normalized spacial score (nSPS) is 14.7. The van der Waals surface area contributed by atoms with E-state index in [-0.39, 0.29) is 42.2 Å². The first-order valence-corrected chi connectivity index (χ1v) is 8.42. The highest BCUT2D eigenvalue weighted by atomic mass is 35.5. The van der Waals surface area contributed by atoms with E-state index in [1.54, 1.807) is 12.1 Å². The minimum Gasteiger partial charge on any atom is -0.385 e. The van der Waals surface area contributed by atoms with Gasteiger partial charge in [-0.25, -0.2) is 4.39 Å². The predicted octanol–water partition coefficient (Wildman–Crippen LogP) is 3.93. The summed E-state index contributed by atoms with van der Waals surface area (Å²) in [5.41, 5.74) is 4.59. The first-order chi connectivity index (χ1) is 11.7. The van der Waals surface area contributed by atoms with Crippen LogP contribution in [0.5, 0.6) is 0 Å². The van der Waals surface area contributed by atoms with Crippen LogP contribution < -0.4 is 16.0 Å². The van der Waals surface area contributed by atoms with Crippen LogP contribution >= 0.6 is 24.8 Å². The van der Waals surface area contributed by atoms with Crippen molar-refractivity contribution in [3.8, 4) is 0 Å². The average molecular weight is 398 g/mol. The topological polar surface area (TPSA) is 53.2 Å². The largest absolute Gasteiger partial charge is 0.385 e. The minimum absolute atomic E-state index is 0. The van der Waals surface area contributed by atoms with Crippen LogP contribution in [0.25, 0.3) is 0 Å². The Morgan fingerprint density at radius 2 is 1.88 bits per heavy atom. The molecule has 2 aromatic rings. The van der Waals surface area contributed by atoms with Gasteiger partial charge in [-0.15, -0.1) is 24.8 Å². The van der Waals surface area contributed by atoms with Crippen molar-refractivity contribution in [3.05, 3.63) is 58.4 Å². The Morgan fingerprint density at radius 3 is 2.73 bits per heavy atom. The lowest BCUT2D eigenvalue weighted by Crippen LogP contribution is -2.25. The van der Waals surface area contributed by atoms with Gasteiger partial charge in [-0.1, -0.05) is 12.1 Å². The number of hydrogen-bond donors (Lipinski definition) is 3. The molecule has 0 fully saturated rings. The van der Waals surface area contributed by atoms with Crippen LogP contribution in [0.1, 0.15) is 33.5 Å². The van der Waals surface area contributed by atoms with Gasteiger partial charge in [0.2, 0.25) is 0 Å². The highest BCUT2D eigenvalue weighted by molar-refractivity contribution is 6.06. The summed E-state index contributed by atoms with van der Waals surface area (Å²) in [7, 11) is 0. The zero-order valence-electron chi connectivity index (χ0n) is 14.2. The van der Waals surface area contributed by atoms with E-state index in [2.05, 4.69) is 16.0 Å². The van der Waals surface area contributed by atoms with Crippen molar-refractivity contribution in [2.75, 3.05) is 23.7 Å². The van der Waals surface area contributed by atoms with Crippen molar-refractivity contribution in [1.82, 2.24) is 5.32 Å². The fourth-order valence-corrected chi connectivity index (χ4v) is 3.54. The predicted molar refractivity (Wildman–Crippen MR) is 108 cm³/mol. The van der Waals surface area contributed by atoms with Gasteiger partial charge in [0, 0.05) is 24.3 Å². The number of fused-ring (bicyclic) bond motifs is 2. The molecule has 4 rings (SSSR count). The number of amides is 1. The number of benzene rings is 2. The standard InChI is InChI=1S/C19H20FN3O.2ClH/c20-18-13-8-10-21-11-12(13)6-7-17(18)23-19(24)15-3-1-5-16-14(15)4-2-9-22-16;;/h1,3,5-7,21-22H,2,4,8-11H2,(H,23,24);2*1H. The van der Waals surface area contributed by atoms with Crippen molar-refractivity contribution >= 4 is 42.1 Å². The molecule has 0 atom stereocenters. The third-order valence-electron chi connectivity index (χ3n) is 4.80. The van der Waals surface area contributed by atoms with E-state index < -0.39 is 0 Å². The summed E-state index contributed by atoms with van der Waals surface area (Å²) in [6.45, 7) is 2.36. The Morgan fingerprint density at radius 1 is 1.04 bits per heavy atom. The fourth-order valence-electron chi connectivity index (χ4n) is 3.54. The van der Waals surface area contributed by atoms with E-state index in [0.717, 1.165) is 42.7 Å². The molecule has 1 amide bonds. The first kappa shape index (κ1) is 20.5. The quantitative estimate of drug-likeness (QED) is 0.719. The summed E-state index contributed by atoms with van der Waals surface area (Å²) >= 11 is 0. The molecule has 0 spiro atoms. The molecule has 0 saturated heterocycles. The second-order valence-corrected chi connectivity index (χ2v) is 6.31. The molecule has 0 bridgehead atoms. The van der Waals surface area contributed by atoms with Gasteiger partial charge in [0.25, 0.3) is 5.91 Å². The van der Waals surface area contributed by atoms with Crippen LogP contribution in [0, 0.1) is 5.82 Å². The molecular formula is C19H22Cl2FN3O. The molecule has 140 valence electrons. The van der Waals surface area contributed by atoms with Crippen LogP contribution in [0.2, 0.25) is 0 Å². The van der Waals surface area contributed by atoms with Gasteiger partial charge in [-0.05, 0) is 60.7 Å². The number of anilines is 2. The molecule has 3 N–H and O–H groups in total. The van der Waals surface area contributed by atoms with Gasteiger partial charge in [0.1, 0.15) is 5.82 Å². The zero-order chi connectivity index (χ0) is 16.5. The fraction of sp³-hybridized carbons (Fsp3) is 0.316. The molecule has 0 aliphatic carbocycles. The molecule has 7 heteroatoms. The van der Waals surface area contributed by atoms with Gasteiger partial charge in [0.15, 0.2) is 0 Å². The molecule has 0 aromatic heterocycles. The van der Waals surface area contributed by atoms with Crippen LogP contribution in [0.3, 0.4) is 0 Å². The van der Waals surface area contributed by atoms with Gasteiger partial charge in [-0.2, -0.15) is 0 Å². The Balaban J connectivity index is 0.00000121. The van der Waals surface area contributed by atoms with E-state index in [0.29, 0.717) is 24.1 Å². The molecule has 26 heavy (non-hydrogen) atoms. The number of carbonyl (C=O) groups is 1. The lowest BCUT2D eigenvalue weighted by molar-refractivity contribution is 0.102. The van der Waals surface area contributed by atoms with Crippen LogP contribution in [-0.4, -0.2) is 19.0 Å². The number of halogens is 3. The van der Waals surface area contributed by atoms with Gasteiger partial charge in [-0.3, -0.25) is 4.79 Å². The first-order valence-electron chi connectivity index (χ1n) is 8.42. The summed E-state index contributed by atoms with van der Waals surface area (Å²) in [5, 5.41) is 9.31. The van der Waals surface area contributed by atoms with Gasteiger partial charge < -0.3 is 16.0 Å². The Labute approximate surface area is 164 Å². The molecular weight excluding hydrogens is 376 g/mol. The van der Waals surface area contributed by atoms with Crippen LogP contribution in [-0.2, 0) is 19.4 Å². The molecule has 2 aliphatic rings. The molecule has 2 aliphatic heterocycles. The summed E-state index contributed by atoms with van der Waals surface area (Å²) in [6.07, 6.45) is 2.51. The highest BCUT2D eigenvalue weighted by Crippen LogP contribution is 2.28. The third-order valence-corrected chi connectivity index (χ3v) is 4.80. The smallest absolute Gasteiger partial charge is 0.256 e. The Bertz CT molecular complexity index is 814. The maximum Gasteiger partial charge on any atom is 0.256 e. The SMILES string of the molecule is Cl.Cl.O=C(Nc1ccc2c(c1F)CCNC2)c1cccc2c1CCCN2. The molecule has 2 aromatic carbocycles. The molecule has 0 unspecified atom stereocenters. The van der Waals surface area contributed by atoms with E-state index in [4.69, 9.17) is 0 Å². The maximum atomic E-state index is 14.7. The molecule has 0 saturated carbocycles.